The van der Waals surface area contributed by atoms with Gasteiger partial charge < -0.3 is 5.11 Å². The molecule has 0 atom stereocenters. The normalized spacial score (nSPS) is 15.2. The number of rotatable bonds is 3. The summed E-state index contributed by atoms with van der Waals surface area (Å²) in [5.41, 5.74) is 5.50. The van der Waals surface area contributed by atoms with Crippen LogP contribution in [0.5, 0.6) is 0 Å². The van der Waals surface area contributed by atoms with Gasteiger partial charge in [-0.25, -0.2) is 9.78 Å². The zero-order chi connectivity index (χ0) is 13.2. The number of thiazole rings is 1. The molecule has 0 radical (unpaired) electrons. The number of carboxylic acid groups (broad SMARTS) is 1. The molecule has 4 nitrogen and oxygen atoms in total. The second kappa shape index (κ2) is 5.11. The average Bonchev–Trinajstić information content (AvgIpc) is 2.90. The summed E-state index contributed by atoms with van der Waals surface area (Å²) >= 11 is 1.60. The first-order chi connectivity index (χ1) is 9.24. The molecule has 19 heavy (non-hydrogen) atoms. The lowest BCUT2D eigenvalue weighted by Gasteiger charge is -2.28. The van der Waals surface area contributed by atoms with Crippen LogP contribution in [0.4, 0.5) is 0 Å². The van der Waals surface area contributed by atoms with Gasteiger partial charge in [0, 0.05) is 25.0 Å². The number of fused-ring (bicyclic) bond motifs is 1. The molecule has 2 heterocycles. The molecular formula is C14H14N2O2S. The second-order valence-corrected chi connectivity index (χ2v) is 5.41. The van der Waals surface area contributed by atoms with Crippen molar-refractivity contribution in [1.82, 2.24) is 9.88 Å². The molecule has 0 fully saturated rings. The third-order valence-corrected chi connectivity index (χ3v) is 4.08. The van der Waals surface area contributed by atoms with Gasteiger partial charge in [-0.1, -0.05) is 12.1 Å². The highest BCUT2D eigenvalue weighted by Gasteiger charge is 2.21. The van der Waals surface area contributed by atoms with E-state index in [9.17, 15) is 9.90 Å². The van der Waals surface area contributed by atoms with Gasteiger partial charge >= 0.3 is 5.97 Å². The standard InChI is InChI=1S/C14H14N2O2S/c17-14(18)13-3-1-2-10-6-16(5-4-12(10)13)7-11-8-19-9-15-11/h1-3,8-9H,4-7H2,(H,17,18). The maximum absolute atomic E-state index is 11.2. The molecule has 1 aliphatic heterocycles. The molecular weight excluding hydrogens is 260 g/mol. The van der Waals surface area contributed by atoms with Gasteiger partial charge in [0.2, 0.25) is 0 Å². The first-order valence-electron chi connectivity index (χ1n) is 6.17. The van der Waals surface area contributed by atoms with Gasteiger partial charge in [-0.3, -0.25) is 4.90 Å². The van der Waals surface area contributed by atoms with Crippen molar-refractivity contribution in [2.75, 3.05) is 6.54 Å². The van der Waals surface area contributed by atoms with Crippen LogP contribution in [0.3, 0.4) is 0 Å². The number of carboxylic acids is 1. The summed E-state index contributed by atoms with van der Waals surface area (Å²) < 4.78 is 0. The Kier molecular flexibility index (Phi) is 3.31. The molecule has 0 amide bonds. The lowest BCUT2D eigenvalue weighted by atomic mass is 9.94. The molecule has 3 rings (SSSR count). The predicted octanol–water partition coefficient (Wildman–Crippen LogP) is 2.40. The maximum Gasteiger partial charge on any atom is 0.335 e. The molecule has 1 aromatic heterocycles. The van der Waals surface area contributed by atoms with Crippen molar-refractivity contribution in [3.63, 3.8) is 0 Å². The molecule has 1 N–H and O–H groups in total. The topological polar surface area (TPSA) is 53.4 Å². The van der Waals surface area contributed by atoms with E-state index in [1.165, 1.54) is 0 Å². The Hall–Kier alpha value is -1.72. The average molecular weight is 274 g/mol. The van der Waals surface area contributed by atoms with Crippen molar-refractivity contribution >= 4 is 17.3 Å². The van der Waals surface area contributed by atoms with E-state index in [2.05, 4.69) is 15.3 Å². The Morgan fingerprint density at radius 2 is 2.37 bits per heavy atom. The molecule has 0 spiro atoms. The summed E-state index contributed by atoms with van der Waals surface area (Å²) in [6.45, 7) is 2.52. The number of hydrogen-bond donors (Lipinski definition) is 1. The fourth-order valence-electron chi connectivity index (χ4n) is 2.55. The molecule has 0 saturated heterocycles. The largest absolute Gasteiger partial charge is 0.478 e. The van der Waals surface area contributed by atoms with E-state index in [1.807, 2.05) is 17.6 Å². The van der Waals surface area contributed by atoms with Crippen molar-refractivity contribution in [2.45, 2.75) is 19.5 Å². The molecule has 1 aliphatic rings. The van der Waals surface area contributed by atoms with Crippen LogP contribution in [0.15, 0.2) is 29.1 Å². The van der Waals surface area contributed by atoms with Gasteiger partial charge in [0.15, 0.2) is 0 Å². The quantitative estimate of drug-likeness (QED) is 0.933. The Labute approximate surface area is 115 Å². The van der Waals surface area contributed by atoms with Crippen molar-refractivity contribution in [3.8, 4) is 0 Å². The van der Waals surface area contributed by atoms with Crippen LogP contribution in [-0.2, 0) is 19.5 Å². The minimum atomic E-state index is -0.829. The predicted molar refractivity (Wildman–Crippen MR) is 73.3 cm³/mol. The molecule has 2 aromatic rings. The summed E-state index contributed by atoms with van der Waals surface area (Å²) in [6, 6.07) is 5.54. The van der Waals surface area contributed by atoms with Crippen LogP contribution in [0.2, 0.25) is 0 Å². The fourth-order valence-corrected chi connectivity index (χ4v) is 3.10. The summed E-state index contributed by atoms with van der Waals surface area (Å²) in [4.78, 5) is 17.8. The van der Waals surface area contributed by atoms with Crippen molar-refractivity contribution in [1.29, 1.82) is 0 Å². The van der Waals surface area contributed by atoms with Crippen molar-refractivity contribution < 1.29 is 9.90 Å². The fraction of sp³-hybridized carbons (Fsp3) is 0.286. The van der Waals surface area contributed by atoms with E-state index in [0.717, 1.165) is 42.9 Å². The minimum Gasteiger partial charge on any atom is -0.478 e. The van der Waals surface area contributed by atoms with E-state index in [1.54, 1.807) is 17.4 Å². The van der Waals surface area contributed by atoms with Crippen LogP contribution in [-0.4, -0.2) is 27.5 Å². The van der Waals surface area contributed by atoms with Crippen LogP contribution in [0.25, 0.3) is 0 Å². The van der Waals surface area contributed by atoms with Gasteiger partial charge in [0.25, 0.3) is 0 Å². The zero-order valence-electron chi connectivity index (χ0n) is 10.4. The highest BCUT2D eigenvalue weighted by Crippen LogP contribution is 2.23. The SMILES string of the molecule is O=C(O)c1cccc2c1CCN(Cc1cscn1)C2. The Morgan fingerprint density at radius 3 is 3.11 bits per heavy atom. The first kappa shape index (κ1) is 12.3. The maximum atomic E-state index is 11.2. The Bertz CT molecular complexity index is 595. The van der Waals surface area contributed by atoms with Crippen LogP contribution < -0.4 is 0 Å². The van der Waals surface area contributed by atoms with Gasteiger partial charge in [0.1, 0.15) is 0 Å². The smallest absolute Gasteiger partial charge is 0.335 e. The number of nitrogens with zero attached hydrogens (tertiary/aromatic N) is 2. The number of hydrogen-bond acceptors (Lipinski definition) is 4. The number of aromatic carboxylic acids is 1. The van der Waals surface area contributed by atoms with E-state index in [4.69, 9.17) is 0 Å². The molecule has 0 bridgehead atoms. The van der Waals surface area contributed by atoms with E-state index < -0.39 is 5.97 Å². The molecule has 0 unspecified atom stereocenters. The third kappa shape index (κ3) is 2.52. The first-order valence-corrected chi connectivity index (χ1v) is 7.12. The summed E-state index contributed by atoms with van der Waals surface area (Å²) in [5, 5.41) is 11.3. The van der Waals surface area contributed by atoms with Crippen molar-refractivity contribution in [3.05, 3.63) is 51.5 Å². The molecule has 0 saturated carbocycles. The molecule has 5 heteroatoms. The highest BCUT2D eigenvalue weighted by molar-refractivity contribution is 7.07. The highest BCUT2D eigenvalue weighted by atomic mass is 32.1. The summed E-state index contributed by atoms with van der Waals surface area (Å²) in [5.74, 6) is -0.829. The molecule has 0 aliphatic carbocycles. The van der Waals surface area contributed by atoms with Gasteiger partial charge in [-0.15, -0.1) is 11.3 Å². The summed E-state index contributed by atoms with van der Waals surface area (Å²) in [6.07, 6.45) is 0.794. The number of aromatic nitrogens is 1. The minimum absolute atomic E-state index is 0.450. The Balaban J connectivity index is 1.81. The van der Waals surface area contributed by atoms with Crippen LogP contribution in [0.1, 0.15) is 27.2 Å². The molecule has 98 valence electrons. The third-order valence-electron chi connectivity index (χ3n) is 3.44. The Morgan fingerprint density at radius 1 is 1.47 bits per heavy atom. The van der Waals surface area contributed by atoms with E-state index in [0.29, 0.717) is 5.56 Å². The lowest BCUT2D eigenvalue weighted by Crippen LogP contribution is -2.31. The number of benzene rings is 1. The number of carbonyl (C=O) groups is 1. The monoisotopic (exact) mass is 274 g/mol. The van der Waals surface area contributed by atoms with Crippen LogP contribution >= 0.6 is 11.3 Å². The van der Waals surface area contributed by atoms with E-state index >= 15 is 0 Å². The van der Waals surface area contributed by atoms with Crippen molar-refractivity contribution in [2.24, 2.45) is 0 Å². The molecule has 1 aromatic carbocycles. The lowest BCUT2D eigenvalue weighted by molar-refractivity contribution is 0.0694. The van der Waals surface area contributed by atoms with E-state index in [-0.39, 0.29) is 0 Å². The van der Waals surface area contributed by atoms with Crippen LogP contribution in [0, 0.1) is 0 Å². The summed E-state index contributed by atoms with van der Waals surface area (Å²) in [7, 11) is 0. The van der Waals surface area contributed by atoms with Gasteiger partial charge in [-0.2, -0.15) is 0 Å². The second-order valence-electron chi connectivity index (χ2n) is 4.69. The zero-order valence-corrected chi connectivity index (χ0v) is 11.2. The van der Waals surface area contributed by atoms with Gasteiger partial charge in [0.05, 0.1) is 16.8 Å². The van der Waals surface area contributed by atoms with Gasteiger partial charge in [-0.05, 0) is 23.6 Å².